The van der Waals surface area contributed by atoms with Gasteiger partial charge in [-0.2, -0.15) is 0 Å². The third-order valence-corrected chi connectivity index (χ3v) is 5.43. The summed E-state index contributed by atoms with van der Waals surface area (Å²) in [5.41, 5.74) is 1.68. The summed E-state index contributed by atoms with van der Waals surface area (Å²) < 4.78 is 5.32. The number of benzene rings is 1. The number of nitrogens with one attached hydrogen (secondary N) is 1. The second-order valence-corrected chi connectivity index (χ2v) is 6.71. The molecule has 7 heteroatoms. The maximum Gasteiger partial charge on any atom is 0.255 e. The van der Waals surface area contributed by atoms with E-state index < -0.39 is 5.54 Å². The molecule has 2 aliphatic heterocycles. The number of aliphatic hydroxyl groups is 1. The van der Waals surface area contributed by atoms with Gasteiger partial charge in [-0.05, 0) is 37.1 Å². The summed E-state index contributed by atoms with van der Waals surface area (Å²) in [6, 6.07) is 5.77. The first kappa shape index (κ1) is 16.0. The molecule has 132 valence electrons. The van der Waals surface area contributed by atoms with E-state index in [2.05, 4.69) is 4.98 Å². The maximum absolute atomic E-state index is 13.2. The highest BCUT2D eigenvalue weighted by Crippen LogP contribution is 2.42. The molecule has 0 bridgehead atoms. The zero-order valence-electron chi connectivity index (χ0n) is 14.3. The molecule has 1 unspecified atom stereocenters. The second-order valence-electron chi connectivity index (χ2n) is 6.71. The minimum atomic E-state index is -1.07. The lowest BCUT2D eigenvalue weighted by molar-refractivity contribution is -0.166. The topological polar surface area (TPSA) is 85.9 Å². The van der Waals surface area contributed by atoms with Crippen LogP contribution in [-0.4, -0.2) is 65.1 Å². The van der Waals surface area contributed by atoms with E-state index in [-0.39, 0.29) is 31.5 Å². The van der Waals surface area contributed by atoms with Crippen LogP contribution in [0.4, 0.5) is 0 Å². The largest absolute Gasteiger partial charge is 0.497 e. The van der Waals surface area contributed by atoms with Crippen LogP contribution in [0.2, 0.25) is 0 Å². The number of hydrogen-bond donors (Lipinski definition) is 2. The molecule has 0 aliphatic carbocycles. The molecule has 25 heavy (non-hydrogen) atoms. The lowest BCUT2D eigenvalue weighted by atomic mass is 9.83. The average Bonchev–Trinajstić information content (AvgIpc) is 2.99. The third-order valence-electron chi connectivity index (χ3n) is 5.43. The first-order valence-electron chi connectivity index (χ1n) is 8.40. The Labute approximate surface area is 145 Å². The smallest absolute Gasteiger partial charge is 0.255 e. The van der Waals surface area contributed by atoms with Crippen molar-refractivity contribution in [3.8, 4) is 5.75 Å². The van der Waals surface area contributed by atoms with E-state index in [1.54, 1.807) is 18.9 Å². The maximum atomic E-state index is 13.2. The van der Waals surface area contributed by atoms with Gasteiger partial charge in [0.2, 0.25) is 5.91 Å². The van der Waals surface area contributed by atoms with Crippen LogP contribution < -0.4 is 4.74 Å². The van der Waals surface area contributed by atoms with E-state index >= 15 is 0 Å². The van der Waals surface area contributed by atoms with Gasteiger partial charge in [-0.3, -0.25) is 9.59 Å². The molecule has 1 atom stereocenters. The number of aromatic nitrogens is 1. The van der Waals surface area contributed by atoms with Crippen LogP contribution in [0, 0.1) is 0 Å². The molecule has 1 aromatic heterocycles. The van der Waals surface area contributed by atoms with Gasteiger partial charge in [-0.25, -0.2) is 0 Å². The predicted octanol–water partition coefficient (Wildman–Crippen LogP) is 0.611. The summed E-state index contributed by atoms with van der Waals surface area (Å²) >= 11 is 0. The number of fused-ring (bicyclic) bond motifs is 5. The van der Waals surface area contributed by atoms with E-state index in [1.807, 2.05) is 18.2 Å². The van der Waals surface area contributed by atoms with Crippen LogP contribution >= 0.6 is 0 Å². The summed E-state index contributed by atoms with van der Waals surface area (Å²) in [6.07, 6.45) is 0.692. The van der Waals surface area contributed by atoms with Crippen molar-refractivity contribution >= 4 is 22.7 Å². The Hall–Kier alpha value is -2.54. The lowest BCUT2D eigenvalue weighted by Crippen LogP contribution is -2.67. The number of amides is 2. The molecule has 3 heterocycles. The minimum Gasteiger partial charge on any atom is -0.497 e. The van der Waals surface area contributed by atoms with Crippen molar-refractivity contribution in [3.05, 3.63) is 29.5 Å². The molecule has 4 rings (SSSR count). The molecule has 0 saturated carbocycles. The molecule has 2 amide bonds. The molecule has 0 radical (unpaired) electrons. The van der Waals surface area contributed by atoms with Gasteiger partial charge in [0.05, 0.1) is 26.0 Å². The van der Waals surface area contributed by atoms with Gasteiger partial charge in [-0.15, -0.1) is 0 Å². The van der Waals surface area contributed by atoms with Crippen molar-refractivity contribution in [2.24, 2.45) is 0 Å². The molecule has 2 aromatic rings. The van der Waals surface area contributed by atoms with Gasteiger partial charge in [0.1, 0.15) is 5.75 Å². The van der Waals surface area contributed by atoms with Gasteiger partial charge < -0.3 is 24.6 Å². The highest BCUT2D eigenvalue weighted by Gasteiger charge is 2.53. The Kier molecular flexibility index (Phi) is 3.50. The van der Waals surface area contributed by atoms with Crippen molar-refractivity contribution < 1.29 is 19.4 Å². The zero-order chi connectivity index (χ0) is 17.8. The second kappa shape index (κ2) is 5.49. The van der Waals surface area contributed by atoms with Gasteiger partial charge in [0.15, 0.2) is 5.54 Å². The Balaban J connectivity index is 1.90. The van der Waals surface area contributed by atoms with Crippen LogP contribution in [0.1, 0.15) is 18.2 Å². The highest BCUT2D eigenvalue weighted by molar-refractivity contribution is 6.00. The van der Waals surface area contributed by atoms with Crippen LogP contribution in [0.5, 0.6) is 5.75 Å². The van der Waals surface area contributed by atoms with Crippen LogP contribution in [0.25, 0.3) is 10.9 Å². The van der Waals surface area contributed by atoms with E-state index in [9.17, 15) is 14.7 Å². The molecule has 0 spiro atoms. The number of rotatable bonds is 3. The Morgan fingerprint density at radius 3 is 2.88 bits per heavy atom. The quantitative estimate of drug-likeness (QED) is 0.855. The molecule has 1 aromatic carbocycles. The Morgan fingerprint density at radius 1 is 1.36 bits per heavy atom. The van der Waals surface area contributed by atoms with Gasteiger partial charge in [-0.1, -0.05) is 0 Å². The average molecular weight is 343 g/mol. The summed E-state index contributed by atoms with van der Waals surface area (Å²) in [7, 11) is 1.62. The fraction of sp³-hybridized carbons (Fsp3) is 0.444. The number of nitrogens with zero attached hydrogens (tertiary/aromatic N) is 2. The van der Waals surface area contributed by atoms with E-state index in [0.29, 0.717) is 13.0 Å². The zero-order valence-corrected chi connectivity index (χ0v) is 14.3. The van der Waals surface area contributed by atoms with Gasteiger partial charge in [0.25, 0.3) is 5.91 Å². The number of aromatic amines is 1. The van der Waals surface area contributed by atoms with Crippen LogP contribution in [0.3, 0.4) is 0 Å². The summed E-state index contributed by atoms with van der Waals surface area (Å²) in [4.78, 5) is 32.2. The predicted molar refractivity (Wildman–Crippen MR) is 91.3 cm³/mol. The van der Waals surface area contributed by atoms with Crippen molar-refractivity contribution in [1.82, 2.24) is 14.8 Å². The fourth-order valence-electron chi connectivity index (χ4n) is 4.14. The Bertz CT molecular complexity index is 875. The molecule has 1 saturated heterocycles. The first-order chi connectivity index (χ1) is 12.0. The normalized spacial score (nSPS) is 23.0. The van der Waals surface area contributed by atoms with Crippen molar-refractivity contribution in [2.45, 2.75) is 18.9 Å². The number of β-amino-alcohol motifs (C(OH)–C–C–N with tert-alkyl or cyclic N) is 1. The summed E-state index contributed by atoms with van der Waals surface area (Å²) in [5, 5.41) is 10.3. The minimum absolute atomic E-state index is 0.0262. The molecule has 2 aliphatic rings. The van der Waals surface area contributed by atoms with Gasteiger partial charge >= 0.3 is 0 Å². The monoisotopic (exact) mass is 343 g/mol. The van der Waals surface area contributed by atoms with E-state index in [0.717, 1.165) is 27.9 Å². The highest BCUT2D eigenvalue weighted by atomic mass is 16.5. The van der Waals surface area contributed by atoms with E-state index in [1.165, 1.54) is 4.90 Å². The number of piperazine rings is 1. The summed E-state index contributed by atoms with van der Waals surface area (Å²) in [6.45, 7) is 2.33. The molecule has 7 nitrogen and oxygen atoms in total. The molecular weight excluding hydrogens is 322 g/mol. The Morgan fingerprint density at radius 2 is 2.16 bits per heavy atom. The number of hydrogen-bond acceptors (Lipinski definition) is 4. The number of H-pyrrole nitrogens is 1. The number of aliphatic hydroxyl groups excluding tert-OH is 1. The third kappa shape index (κ3) is 2.08. The molecule has 1 fully saturated rings. The van der Waals surface area contributed by atoms with Crippen LogP contribution in [-0.2, 0) is 21.5 Å². The summed E-state index contributed by atoms with van der Waals surface area (Å²) in [5.74, 6) is 0.521. The molecule has 2 N–H and O–H groups in total. The fourth-order valence-corrected chi connectivity index (χ4v) is 4.14. The van der Waals surface area contributed by atoms with E-state index in [4.69, 9.17) is 4.74 Å². The lowest BCUT2D eigenvalue weighted by Gasteiger charge is -2.49. The van der Waals surface area contributed by atoms with Crippen molar-refractivity contribution in [3.63, 3.8) is 0 Å². The van der Waals surface area contributed by atoms with Crippen LogP contribution in [0.15, 0.2) is 18.2 Å². The van der Waals surface area contributed by atoms with Crippen molar-refractivity contribution in [2.75, 3.05) is 33.4 Å². The number of methoxy groups -OCH3 is 1. The van der Waals surface area contributed by atoms with Crippen molar-refractivity contribution in [1.29, 1.82) is 0 Å². The standard InChI is InChI=1S/C18H21N3O4/c1-18-16-12(13-9-11(25-2)3-4-14(13)19-16)5-6-21(18)15(23)10-20(7-8-22)17(18)24/h3-4,9,19,22H,5-8,10H2,1-2H3. The number of ether oxygens (including phenoxy) is 1. The molecular formula is C18H21N3O4. The number of carbonyl (C=O) groups is 2. The number of carbonyl (C=O) groups excluding carboxylic acids is 2. The van der Waals surface area contributed by atoms with Gasteiger partial charge in [0, 0.05) is 24.0 Å². The first-order valence-corrected chi connectivity index (χ1v) is 8.40. The SMILES string of the molecule is COc1ccc2[nH]c3c(c2c1)CCN1C(=O)CN(CCO)C(=O)C31C.